The molecule has 0 aliphatic heterocycles. The molecule has 0 atom stereocenters. The third-order valence-electron chi connectivity index (χ3n) is 5.32. The molecule has 13 nitrogen and oxygen atoms in total. The second kappa shape index (κ2) is 8.17. The van der Waals surface area contributed by atoms with Crippen LogP contribution < -0.4 is 0 Å². The lowest BCUT2D eigenvalue weighted by Crippen LogP contribution is -2.12. The van der Waals surface area contributed by atoms with Crippen LogP contribution in [0.3, 0.4) is 0 Å². The van der Waals surface area contributed by atoms with Crippen LogP contribution in [-0.2, 0) is 12.5 Å². The van der Waals surface area contributed by atoms with Crippen molar-refractivity contribution in [2.75, 3.05) is 0 Å². The monoisotopic (exact) mass is 475 g/mol. The number of nitrogens with zero attached hydrogens (tertiary/aromatic N) is 9. The first-order valence-electron chi connectivity index (χ1n) is 10.3. The number of aromatic carboxylic acids is 2. The van der Waals surface area contributed by atoms with E-state index in [2.05, 4.69) is 30.4 Å². The number of aryl methyl sites for hydroxylation is 2. The van der Waals surface area contributed by atoms with Gasteiger partial charge in [0.25, 0.3) is 5.69 Å². The molecule has 3 aromatic heterocycles. The molecule has 0 radical (unpaired) electrons. The molecule has 2 N–H and O–H groups in total. The van der Waals surface area contributed by atoms with Crippen LogP contribution in [0.5, 0.6) is 0 Å². The van der Waals surface area contributed by atoms with Crippen molar-refractivity contribution in [2.24, 2.45) is 17.3 Å². The molecule has 178 valence electrons. The molecule has 4 rings (SSSR count). The van der Waals surface area contributed by atoms with E-state index in [1.807, 2.05) is 39.3 Å². The van der Waals surface area contributed by atoms with Crippen molar-refractivity contribution in [3.8, 4) is 5.69 Å². The first-order valence-corrected chi connectivity index (χ1v) is 10.3. The molecule has 3 heterocycles. The van der Waals surface area contributed by atoms with Crippen LogP contribution in [0, 0.1) is 13.5 Å². The minimum absolute atomic E-state index is 0.0111. The number of rotatable bonds is 5. The summed E-state index contributed by atoms with van der Waals surface area (Å²) in [6.07, 6.45) is 1.25. The molecule has 13 heteroatoms. The number of hydrogen-bond donors (Lipinski definition) is 2. The maximum atomic E-state index is 11.5. The normalized spacial score (nSPS) is 11.9. The van der Waals surface area contributed by atoms with E-state index in [1.165, 1.54) is 27.6 Å². The summed E-state index contributed by atoms with van der Waals surface area (Å²) in [5, 5.41) is 40.7. The molecule has 0 aliphatic carbocycles. The highest BCUT2D eigenvalue weighted by atomic mass is 16.4. The van der Waals surface area contributed by atoms with E-state index in [9.17, 15) is 19.8 Å². The molecule has 4 aromatic rings. The predicted octanol–water partition coefficient (Wildman–Crippen LogP) is 4.22. The maximum Gasteiger partial charge on any atom is 0.335 e. The quantitative estimate of drug-likeness (QED) is 0.323. The van der Waals surface area contributed by atoms with Gasteiger partial charge >= 0.3 is 11.9 Å². The van der Waals surface area contributed by atoms with Crippen molar-refractivity contribution in [1.29, 1.82) is 0 Å². The Hall–Kier alpha value is -4.86. The van der Waals surface area contributed by atoms with Crippen LogP contribution in [0.25, 0.3) is 16.2 Å². The van der Waals surface area contributed by atoms with Crippen molar-refractivity contribution in [2.45, 2.75) is 33.1 Å². The molecule has 0 unspecified atom stereocenters. The number of aromatic nitrogens is 6. The summed E-state index contributed by atoms with van der Waals surface area (Å²) < 4.78 is 4.48. The topological polar surface area (TPSA) is 157 Å². The van der Waals surface area contributed by atoms with Crippen LogP contribution in [0.4, 0.5) is 17.2 Å². The summed E-state index contributed by atoms with van der Waals surface area (Å²) in [6.45, 7) is 15.2. The van der Waals surface area contributed by atoms with Crippen molar-refractivity contribution >= 4 is 34.8 Å². The summed E-state index contributed by atoms with van der Waals surface area (Å²) in [4.78, 5) is 26.5. The molecule has 0 fully saturated rings. The van der Waals surface area contributed by atoms with Crippen molar-refractivity contribution in [3.05, 3.63) is 58.5 Å². The Kier molecular flexibility index (Phi) is 5.44. The number of hydrogen-bond acceptors (Lipinski definition) is 7. The van der Waals surface area contributed by atoms with Gasteiger partial charge in [-0.1, -0.05) is 20.8 Å². The first-order chi connectivity index (χ1) is 16.4. The Morgan fingerprint density at radius 2 is 1.69 bits per heavy atom. The fourth-order valence-electron chi connectivity index (χ4n) is 3.48. The molecular formula is C22H21N9O4. The minimum Gasteiger partial charge on any atom is -0.478 e. The van der Waals surface area contributed by atoms with Crippen molar-refractivity contribution in [1.82, 2.24) is 29.2 Å². The van der Waals surface area contributed by atoms with E-state index in [1.54, 1.807) is 0 Å². The molecule has 0 saturated carbocycles. The molecule has 0 spiro atoms. The third-order valence-corrected chi connectivity index (χ3v) is 5.32. The molecular weight excluding hydrogens is 454 g/mol. The van der Waals surface area contributed by atoms with E-state index in [4.69, 9.17) is 6.57 Å². The molecule has 0 aliphatic rings. The van der Waals surface area contributed by atoms with E-state index < -0.39 is 17.4 Å². The molecule has 0 saturated heterocycles. The zero-order valence-corrected chi connectivity index (χ0v) is 19.5. The lowest BCUT2D eigenvalue weighted by Gasteiger charge is -2.15. The van der Waals surface area contributed by atoms with Gasteiger partial charge in [-0.15, -0.1) is 20.0 Å². The first kappa shape index (κ1) is 23.3. The summed E-state index contributed by atoms with van der Waals surface area (Å²) in [5.74, 6) is -1.89. The lowest BCUT2D eigenvalue weighted by molar-refractivity contribution is 0.0696. The Morgan fingerprint density at radius 3 is 2.23 bits per heavy atom. The number of carboxylic acids is 2. The van der Waals surface area contributed by atoms with Crippen LogP contribution in [0.1, 0.15) is 53.0 Å². The summed E-state index contributed by atoms with van der Waals surface area (Å²) in [5.41, 5.74) is 0.957. The molecule has 0 bridgehead atoms. The number of fused-ring (bicyclic) bond motifs is 1. The smallest absolute Gasteiger partial charge is 0.335 e. The standard InChI is InChI=1S/C22H21N9O4/c1-11-27-31-19(29(11)6)16(17(28-31)22(2,3)4)25-26-18-15(23-5)10-24-30(18)14-8-12(20(32)33)7-13(9-14)21(34)35/h7-10H,1-4,6H3,(H,32,33)(H,34,35). The fraction of sp³-hybridized carbons (Fsp3) is 0.273. The van der Waals surface area contributed by atoms with E-state index in [0.717, 1.165) is 6.07 Å². The Bertz CT molecular complexity index is 1540. The maximum absolute atomic E-state index is 11.5. The summed E-state index contributed by atoms with van der Waals surface area (Å²) >= 11 is 0. The molecule has 0 amide bonds. The van der Waals surface area contributed by atoms with Crippen molar-refractivity contribution in [3.63, 3.8) is 0 Å². The second-order valence-corrected chi connectivity index (χ2v) is 8.82. The Balaban J connectivity index is 1.93. The zero-order chi connectivity index (χ0) is 25.7. The average molecular weight is 475 g/mol. The number of azo groups is 1. The minimum atomic E-state index is -1.31. The van der Waals surface area contributed by atoms with Gasteiger partial charge in [-0.2, -0.15) is 10.2 Å². The highest BCUT2D eigenvalue weighted by Crippen LogP contribution is 2.37. The largest absolute Gasteiger partial charge is 0.478 e. The van der Waals surface area contributed by atoms with Gasteiger partial charge < -0.3 is 14.8 Å². The van der Waals surface area contributed by atoms with Gasteiger partial charge in [0.05, 0.1) is 35.3 Å². The molecule has 35 heavy (non-hydrogen) atoms. The van der Waals surface area contributed by atoms with Crippen molar-refractivity contribution < 1.29 is 19.8 Å². The fourth-order valence-corrected chi connectivity index (χ4v) is 3.48. The predicted molar refractivity (Wildman–Crippen MR) is 123 cm³/mol. The number of benzene rings is 1. The van der Waals surface area contributed by atoms with Crippen LogP contribution in [0.15, 0.2) is 34.6 Å². The molecule has 1 aromatic carbocycles. The SMILES string of the molecule is [C-]#[N+]c1cnn(-c2cc(C(=O)O)cc(C(=O)O)c2)c1N=Nc1c(C(C)(C)C)nn2nc(C)n(C)c12. The van der Waals surface area contributed by atoms with Crippen LogP contribution in [-0.4, -0.2) is 51.3 Å². The van der Waals surface area contributed by atoms with Gasteiger partial charge in [0, 0.05) is 12.5 Å². The van der Waals surface area contributed by atoms with Gasteiger partial charge in [-0.05, 0) is 25.1 Å². The number of carbonyl (C=O) groups is 2. The highest BCUT2D eigenvalue weighted by Gasteiger charge is 2.27. The van der Waals surface area contributed by atoms with Crippen LogP contribution in [0.2, 0.25) is 0 Å². The second-order valence-electron chi connectivity index (χ2n) is 8.82. The van der Waals surface area contributed by atoms with Gasteiger partial charge in [-0.25, -0.2) is 19.1 Å². The van der Waals surface area contributed by atoms with Gasteiger partial charge in [0.15, 0.2) is 17.2 Å². The highest BCUT2D eigenvalue weighted by molar-refractivity contribution is 5.95. The third kappa shape index (κ3) is 4.01. The average Bonchev–Trinajstić information content (AvgIpc) is 3.44. The summed E-state index contributed by atoms with van der Waals surface area (Å²) in [7, 11) is 1.82. The lowest BCUT2D eigenvalue weighted by atomic mass is 9.91. The summed E-state index contributed by atoms with van der Waals surface area (Å²) in [6, 6.07) is 3.54. The Morgan fingerprint density at radius 1 is 1.06 bits per heavy atom. The van der Waals surface area contributed by atoms with E-state index in [-0.39, 0.29) is 28.3 Å². The number of carboxylic acid groups (broad SMARTS) is 2. The van der Waals surface area contributed by atoms with Gasteiger partial charge in [-0.3, -0.25) is 0 Å². The Labute approximate surface area is 198 Å². The zero-order valence-electron chi connectivity index (χ0n) is 19.5. The van der Waals surface area contributed by atoms with E-state index >= 15 is 0 Å². The van der Waals surface area contributed by atoms with E-state index in [0.29, 0.717) is 22.9 Å². The van der Waals surface area contributed by atoms with Crippen LogP contribution >= 0.6 is 0 Å². The van der Waals surface area contributed by atoms with Gasteiger partial charge in [0.2, 0.25) is 0 Å². The van der Waals surface area contributed by atoms with Gasteiger partial charge in [0.1, 0.15) is 5.82 Å².